The van der Waals surface area contributed by atoms with Crippen molar-refractivity contribution in [2.75, 3.05) is 19.7 Å². The lowest BCUT2D eigenvalue weighted by Gasteiger charge is -2.38. The molecule has 1 aromatic carbocycles. The Kier molecular flexibility index (Phi) is 4.76. The molecule has 2 saturated heterocycles. The Hall–Kier alpha value is -2.57. The molecular formula is C20H26N4O3. The first kappa shape index (κ1) is 17.8. The Morgan fingerprint density at radius 1 is 1.30 bits per heavy atom. The second-order valence-electron chi connectivity index (χ2n) is 7.91. The van der Waals surface area contributed by atoms with Crippen molar-refractivity contribution in [3.05, 3.63) is 30.0 Å². The van der Waals surface area contributed by atoms with E-state index in [-0.39, 0.29) is 24.1 Å². The van der Waals surface area contributed by atoms with E-state index < -0.39 is 0 Å². The van der Waals surface area contributed by atoms with Gasteiger partial charge in [-0.25, -0.2) is 4.79 Å². The molecule has 1 atom stereocenters. The van der Waals surface area contributed by atoms with Gasteiger partial charge in [0.25, 0.3) is 5.91 Å². The number of nitrogens with zero attached hydrogens (tertiary/aromatic N) is 3. The van der Waals surface area contributed by atoms with Crippen molar-refractivity contribution < 1.29 is 14.3 Å². The third-order valence-electron chi connectivity index (χ3n) is 5.56. The number of likely N-dealkylation sites (tertiary alicyclic amines) is 1. The van der Waals surface area contributed by atoms with Gasteiger partial charge in [0.2, 0.25) is 0 Å². The Bertz CT molecular complexity index is 839. The third-order valence-corrected chi connectivity index (χ3v) is 5.56. The Morgan fingerprint density at radius 2 is 2.04 bits per heavy atom. The predicted octanol–water partition coefficient (Wildman–Crippen LogP) is 3.03. The van der Waals surface area contributed by atoms with Gasteiger partial charge in [0, 0.05) is 24.5 Å². The maximum atomic E-state index is 12.9. The van der Waals surface area contributed by atoms with Crippen molar-refractivity contribution in [1.82, 2.24) is 20.0 Å². The number of amides is 2. The first-order chi connectivity index (χ1) is 13.0. The Morgan fingerprint density at radius 3 is 2.78 bits per heavy atom. The van der Waals surface area contributed by atoms with Crippen LogP contribution in [0.25, 0.3) is 10.9 Å². The maximum Gasteiger partial charge on any atom is 0.410 e. The quantitative estimate of drug-likeness (QED) is 0.897. The summed E-state index contributed by atoms with van der Waals surface area (Å²) >= 11 is 0. The predicted molar refractivity (Wildman–Crippen MR) is 101 cm³/mol. The number of ether oxygens (including phenoxy) is 1. The van der Waals surface area contributed by atoms with Crippen LogP contribution in [-0.2, 0) is 4.74 Å². The fraction of sp³-hybridized carbons (Fsp3) is 0.550. The largest absolute Gasteiger partial charge is 0.447 e. The number of piperidine rings is 1. The molecule has 0 bridgehead atoms. The highest BCUT2D eigenvalue weighted by atomic mass is 16.6. The van der Waals surface area contributed by atoms with Gasteiger partial charge in [-0.1, -0.05) is 32.0 Å². The molecule has 2 fully saturated rings. The lowest BCUT2D eigenvalue weighted by molar-refractivity contribution is 0.0626. The van der Waals surface area contributed by atoms with Crippen LogP contribution in [0.4, 0.5) is 4.79 Å². The number of fused-ring (bicyclic) bond motifs is 1. The highest BCUT2D eigenvalue weighted by Gasteiger charge is 2.40. The van der Waals surface area contributed by atoms with Crippen LogP contribution in [0.1, 0.15) is 43.6 Å². The molecule has 0 saturated carbocycles. The number of hydrogen-bond donors (Lipinski definition) is 1. The number of benzene rings is 1. The molecule has 0 radical (unpaired) electrons. The van der Waals surface area contributed by atoms with Crippen LogP contribution in [0.5, 0.6) is 0 Å². The first-order valence-electron chi connectivity index (χ1n) is 9.72. The second-order valence-corrected chi connectivity index (χ2v) is 7.91. The Balaban J connectivity index is 1.42. The normalized spacial score (nSPS) is 21.3. The van der Waals surface area contributed by atoms with Crippen LogP contribution < -0.4 is 0 Å². The van der Waals surface area contributed by atoms with Crippen LogP contribution in [0.3, 0.4) is 0 Å². The highest BCUT2D eigenvalue weighted by Crippen LogP contribution is 2.28. The molecule has 0 spiro atoms. The molecule has 2 aliphatic heterocycles. The second kappa shape index (κ2) is 7.21. The van der Waals surface area contributed by atoms with Gasteiger partial charge in [-0.05, 0) is 31.2 Å². The van der Waals surface area contributed by atoms with Gasteiger partial charge in [-0.3, -0.25) is 14.8 Å². The van der Waals surface area contributed by atoms with Gasteiger partial charge in [0.15, 0.2) is 5.69 Å². The highest BCUT2D eigenvalue weighted by molar-refractivity contribution is 6.04. The van der Waals surface area contributed by atoms with E-state index in [1.165, 1.54) is 0 Å². The number of hydrogen-bond acceptors (Lipinski definition) is 4. The molecule has 2 aromatic rings. The van der Waals surface area contributed by atoms with Crippen LogP contribution in [0.2, 0.25) is 0 Å². The van der Waals surface area contributed by atoms with E-state index in [1.54, 1.807) is 0 Å². The van der Waals surface area contributed by atoms with Crippen molar-refractivity contribution in [3.8, 4) is 0 Å². The van der Waals surface area contributed by atoms with Crippen LogP contribution in [0, 0.1) is 5.92 Å². The molecule has 1 aromatic heterocycles. The Labute approximate surface area is 158 Å². The van der Waals surface area contributed by atoms with Crippen molar-refractivity contribution in [1.29, 1.82) is 0 Å². The van der Waals surface area contributed by atoms with Crippen LogP contribution in [-0.4, -0.2) is 63.8 Å². The molecule has 0 aliphatic carbocycles. The molecule has 7 nitrogen and oxygen atoms in total. The fourth-order valence-corrected chi connectivity index (χ4v) is 4.27. The summed E-state index contributed by atoms with van der Waals surface area (Å²) in [6.07, 6.45) is 2.29. The number of carbonyl (C=O) groups excluding carboxylic acids is 2. The average Bonchev–Trinajstić information content (AvgIpc) is 3.25. The standard InChI is InChI=1S/C20H26N4O3/c1-13(2)11-15-12-27-20(26)24(15)14-7-9-23(10-8-14)19(25)18-16-5-3-4-6-17(16)21-22-18/h3-6,13-15H,7-12H2,1-2H3,(H,21,22)/t15-/m1/s1. The number of cyclic esters (lactones) is 1. The molecule has 27 heavy (non-hydrogen) atoms. The first-order valence-corrected chi connectivity index (χ1v) is 9.72. The van der Waals surface area contributed by atoms with Crippen molar-refractivity contribution in [2.45, 2.75) is 45.2 Å². The zero-order valence-electron chi connectivity index (χ0n) is 15.9. The number of carbonyl (C=O) groups is 2. The summed E-state index contributed by atoms with van der Waals surface area (Å²) in [6.45, 7) is 6.06. The van der Waals surface area contributed by atoms with Gasteiger partial charge in [-0.15, -0.1) is 0 Å². The molecule has 144 valence electrons. The summed E-state index contributed by atoms with van der Waals surface area (Å²) in [5, 5.41) is 8.00. The average molecular weight is 370 g/mol. The number of rotatable bonds is 4. The number of aromatic amines is 1. The minimum absolute atomic E-state index is 0.0476. The summed E-state index contributed by atoms with van der Waals surface area (Å²) in [7, 11) is 0. The molecule has 2 amide bonds. The van der Waals surface area contributed by atoms with Gasteiger partial charge >= 0.3 is 6.09 Å². The number of nitrogens with one attached hydrogen (secondary N) is 1. The summed E-state index contributed by atoms with van der Waals surface area (Å²) in [6, 6.07) is 7.95. The molecule has 7 heteroatoms. The molecular weight excluding hydrogens is 344 g/mol. The van der Waals surface area contributed by atoms with Crippen molar-refractivity contribution >= 4 is 22.9 Å². The number of para-hydroxylation sites is 1. The molecule has 3 heterocycles. The van der Waals surface area contributed by atoms with Crippen molar-refractivity contribution in [2.24, 2.45) is 5.92 Å². The van der Waals surface area contributed by atoms with Crippen LogP contribution in [0.15, 0.2) is 24.3 Å². The fourth-order valence-electron chi connectivity index (χ4n) is 4.27. The van der Waals surface area contributed by atoms with Gasteiger partial charge in [-0.2, -0.15) is 5.10 Å². The lowest BCUT2D eigenvalue weighted by atomic mass is 9.98. The summed E-state index contributed by atoms with van der Waals surface area (Å²) < 4.78 is 5.31. The number of H-pyrrole nitrogens is 1. The van der Waals surface area contributed by atoms with E-state index in [0.717, 1.165) is 30.2 Å². The van der Waals surface area contributed by atoms with E-state index in [9.17, 15) is 9.59 Å². The lowest BCUT2D eigenvalue weighted by Crippen LogP contribution is -2.50. The SMILES string of the molecule is CC(C)C[C@@H]1COC(=O)N1C1CCN(C(=O)c2n[nH]c3ccccc23)CC1. The molecule has 0 unspecified atom stereocenters. The van der Waals surface area contributed by atoms with Gasteiger partial charge in [0.05, 0.1) is 11.6 Å². The zero-order valence-corrected chi connectivity index (χ0v) is 15.9. The summed E-state index contributed by atoms with van der Waals surface area (Å²) in [4.78, 5) is 28.9. The topological polar surface area (TPSA) is 78.5 Å². The molecule has 4 rings (SSSR count). The third kappa shape index (κ3) is 3.38. The van der Waals surface area contributed by atoms with E-state index in [4.69, 9.17) is 4.74 Å². The molecule has 2 aliphatic rings. The van der Waals surface area contributed by atoms with E-state index in [2.05, 4.69) is 24.0 Å². The van der Waals surface area contributed by atoms with Gasteiger partial charge < -0.3 is 9.64 Å². The van der Waals surface area contributed by atoms with E-state index >= 15 is 0 Å². The summed E-state index contributed by atoms with van der Waals surface area (Å²) in [5.74, 6) is 0.468. The maximum absolute atomic E-state index is 12.9. The van der Waals surface area contributed by atoms with Crippen molar-refractivity contribution in [3.63, 3.8) is 0 Å². The summed E-state index contributed by atoms with van der Waals surface area (Å²) in [5.41, 5.74) is 1.34. The smallest absolute Gasteiger partial charge is 0.410 e. The minimum atomic E-state index is -0.205. The van der Waals surface area contributed by atoms with Crippen LogP contribution >= 0.6 is 0 Å². The number of aromatic nitrogens is 2. The zero-order chi connectivity index (χ0) is 19.0. The monoisotopic (exact) mass is 370 g/mol. The minimum Gasteiger partial charge on any atom is -0.447 e. The van der Waals surface area contributed by atoms with E-state index in [1.807, 2.05) is 34.1 Å². The molecule has 1 N–H and O–H groups in total. The van der Waals surface area contributed by atoms with E-state index in [0.29, 0.717) is 31.3 Å². The van der Waals surface area contributed by atoms with Gasteiger partial charge in [0.1, 0.15) is 6.61 Å².